The maximum atomic E-state index is 12.4. The van der Waals surface area contributed by atoms with E-state index in [4.69, 9.17) is 0 Å². The fraction of sp³-hybridized carbons (Fsp3) is 0.467. The second-order valence-corrected chi connectivity index (χ2v) is 8.43. The number of halogens is 3. The molecule has 0 amide bonds. The van der Waals surface area contributed by atoms with Gasteiger partial charge in [-0.25, -0.2) is 23.1 Å². The van der Waals surface area contributed by atoms with Crippen molar-refractivity contribution in [2.24, 2.45) is 0 Å². The minimum Gasteiger partial charge on any atom is -0.354 e. The standard InChI is InChI=1S/C15H16F3N7O2S/c1-8-20-13-11(10-2-4-19-12(10)22-23-13)14(21-8)25-5-3-9(6-25)24-28(26,27)7-15(16,17)18/h2,4,9,24H,3,5-7H2,1H3,(H,20,21,23). The summed E-state index contributed by atoms with van der Waals surface area (Å²) in [7, 11) is -4.47. The molecule has 0 radical (unpaired) electrons. The third-order valence-corrected chi connectivity index (χ3v) is 5.81. The Labute approximate surface area is 157 Å². The minimum atomic E-state index is -4.79. The van der Waals surface area contributed by atoms with E-state index in [1.54, 1.807) is 19.2 Å². The highest BCUT2D eigenvalue weighted by molar-refractivity contribution is 7.89. The van der Waals surface area contributed by atoms with Crippen molar-refractivity contribution in [2.45, 2.75) is 25.6 Å². The van der Waals surface area contributed by atoms with E-state index in [-0.39, 0.29) is 6.54 Å². The van der Waals surface area contributed by atoms with Crippen LogP contribution >= 0.6 is 0 Å². The minimum absolute atomic E-state index is 0.195. The van der Waals surface area contributed by atoms with E-state index in [1.165, 1.54) is 0 Å². The second-order valence-electron chi connectivity index (χ2n) is 6.68. The number of alkyl halides is 3. The average Bonchev–Trinajstić information content (AvgIpc) is 3.19. The Kier molecular flexibility index (Phi) is 4.38. The number of aryl methyl sites for hydroxylation is 1. The number of aromatic nitrogens is 5. The van der Waals surface area contributed by atoms with E-state index in [0.717, 1.165) is 5.39 Å². The van der Waals surface area contributed by atoms with Crippen LogP contribution in [0.1, 0.15) is 12.2 Å². The highest BCUT2D eigenvalue weighted by Crippen LogP contribution is 2.31. The molecule has 0 aromatic carbocycles. The van der Waals surface area contributed by atoms with Crippen molar-refractivity contribution >= 4 is 37.9 Å². The van der Waals surface area contributed by atoms with Gasteiger partial charge < -0.3 is 9.88 Å². The molecule has 1 fully saturated rings. The lowest BCUT2D eigenvalue weighted by Crippen LogP contribution is -2.41. The van der Waals surface area contributed by atoms with E-state index < -0.39 is 28.0 Å². The number of anilines is 1. The fourth-order valence-corrected chi connectivity index (χ4v) is 4.61. The zero-order valence-electron chi connectivity index (χ0n) is 14.7. The molecular formula is C15H16F3N7O2S. The lowest BCUT2D eigenvalue weighted by atomic mass is 10.2. The molecule has 2 N–H and O–H groups in total. The molecule has 13 heteroatoms. The predicted molar refractivity (Wildman–Crippen MR) is 95.3 cm³/mol. The summed E-state index contributed by atoms with van der Waals surface area (Å²) in [6, 6.07) is 1.14. The smallest absolute Gasteiger partial charge is 0.354 e. The number of nitrogens with one attached hydrogen (secondary N) is 2. The Hall–Kier alpha value is -2.54. The molecule has 4 heterocycles. The molecule has 9 nitrogen and oxygen atoms in total. The first-order valence-electron chi connectivity index (χ1n) is 8.41. The van der Waals surface area contributed by atoms with E-state index in [0.29, 0.717) is 41.3 Å². The normalized spacial score (nSPS) is 18.4. The van der Waals surface area contributed by atoms with Crippen LogP contribution in [-0.4, -0.2) is 64.6 Å². The van der Waals surface area contributed by atoms with Crippen LogP contribution in [0.25, 0.3) is 22.1 Å². The summed E-state index contributed by atoms with van der Waals surface area (Å²) in [5, 5.41) is 9.59. The zero-order chi connectivity index (χ0) is 20.1. The topological polar surface area (TPSA) is 117 Å². The Morgan fingerprint density at radius 3 is 2.89 bits per heavy atom. The van der Waals surface area contributed by atoms with Crippen LogP contribution in [0.2, 0.25) is 0 Å². The molecule has 1 aliphatic rings. The lowest BCUT2D eigenvalue weighted by molar-refractivity contribution is -0.106. The first-order chi connectivity index (χ1) is 13.1. The molecule has 1 unspecified atom stereocenters. The molecule has 0 saturated carbocycles. The van der Waals surface area contributed by atoms with E-state index in [2.05, 4.69) is 29.9 Å². The monoisotopic (exact) mass is 415 g/mol. The van der Waals surface area contributed by atoms with Gasteiger partial charge in [0.15, 0.2) is 17.0 Å². The fourth-order valence-electron chi connectivity index (χ4n) is 3.39. The van der Waals surface area contributed by atoms with Crippen LogP contribution in [0.15, 0.2) is 12.3 Å². The first kappa shape index (κ1) is 18.8. The van der Waals surface area contributed by atoms with Crippen LogP contribution in [-0.2, 0) is 10.0 Å². The predicted octanol–water partition coefficient (Wildman–Crippen LogP) is 1.27. The highest BCUT2D eigenvalue weighted by atomic mass is 32.2. The van der Waals surface area contributed by atoms with Gasteiger partial charge in [-0.1, -0.05) is 0 Å². The maximum absolute atomic E-state index is 12.4. The van der Waals surface area contributed by atoms with E-state index in [1.807, 2.05) is 4.90 Å². The van der Waals surface area contributed by atoms with Crippen LogP contribution < -0.4 is 9.62 Å². The van der Waals surface area contributed by atoms with Gasteiger partial charge in [-0.2, -0.15) is 13.2 Å². The summed E-state index contributed by atoms with van der Waals surface area (Å²) in [5.74, 6) is -0.750. The summed E-state index contributed by atoms with van der Waals surface area (Å²) in [4.78, 5) is 13.5. The number of hydrogen-bond acceptors (Lipinski definition) is 7. The van der Waals surface area contributed by atoms with E-state index in [9.17, 15) is 21.6 Å². The van der Waals surface area contributed by atoms with Crippen molar-refractivity contribution in [1.82, 2.24) is 29.9 Å². The lowest BCUT2D eigenvalue weighted by Gasteiger charge is -2.20. The molecule has 3 aromatic rings. The van der Waals surface area contributed by atoms with Crippen molar-refractivity contribution in [3.63, 3.8) is 0 Å². The number of hydrogen-bond donors (Lipinski definition) is 2. The van der Waals surface area contributed by atoms with Gasteiger partial charge in [-0.3, -0.25) is 0 Å². The van der Waals surface area contributed by atoms with Gasteiger partial charge in [0.05, 0.1) is 5.39 Å². The third-order valence-electron chi connectivity index (χ3n) is 4.41. The zero-order valence-corrected chi connectivity index (χ0v) is 15.5. The van der Waals surface area contributed by atoms with Crippen LogP contribution in [0.5, 0.6) is 0 Å². The Morgan fingerprint density at radius 2 is 2.14 bits per heavy atom. The van der Waals surface area contributed by atoms with Gasteiger partial charge in [-0.05, 0) is 19.4 Å². The molecule has 1 aliphatic heterocycles. The number of rotatable bonds is 4. The Morgan fingerprint density at radius 1 is 1.36 bits per heavy atom. The average molecular weight is 415 g/mol. The van der Waals surface area contributed by atoms with Gasteiger partial charge in [-0.15, -0.1) is 10.2 Å². The highest BCUT2D eigenvalue weighted by Gasteiger charge is 2.37. The number of nitrogens with zero attached hydrogens (tertiary/aromatic N) is 5. The van der Waals surface area contributed by atoms with Gasteiger partial charge in [0.25, 0.3) is 0 Å². The number of sulfonamides is 1. The molecule has 0 spiro atoms. The molecule has 28 heavy (non-hydrogen) atoms. The maximum Gasteiger partial charge on any atom is 0.404 e. The van der Waals surface area contributed by atoms with Crippen molar-refractivity contribution in [2.75, 3.05) is 23.7 Å². The third kappa shape index (κ3) is 3.71. The van der Waals surface area contributed by atoms with Crippen LogP contribution in [0.4, 0.5) is 19.0 Å². The number of fused-ring (bicyclic) bond motifs is 3. The van der Waals surface area contributed by atoms with Crippen LogP contribution in [0, 0.1) is 6.92 Å². The van der Waals surface area contributed by atoms with Gasteiger partial charge in [0, 0.05) is 30.7 Å². The number of aromatic amines is 1. The molecule has 4 rings (SSSR count). The Bertz CT molecular complexity index is 1150. The quantitative estimate of drug-likeness (QED) is 0.659. The van der Waals surface area contributed by atoms with Gasteiger partial charge in [0.1, 0.15) is 11.6 Å². The first-order valence-corrected chi connectivity index (χ1v) is 10.1. The molecule has 0 aliphatic carbocycles. The molecule has 3 aromatic heterocycles. The molecule has 150 valence electrons. The molecule has 0 bridgehead atoms. The largest absolute Gasteiger partial charge is 0.404 e. The van der Waals surface area contributed by atoms with Crippen molar-refractivity contribution in [3.05, 3.63) is 18.1 Å². The molecular weight excluding hydrogens is 399 g/mol. The Balaban J connectivity index is 1.64. The van der Waals surface area contributed by atoms with Crippen molar-refractivity contribution in [1.29, 1.82) is 0 Å². The summed E-state index contributed by atoms with van der Waals surface area (Å²) in [6.45, 7) is 2.38. The summed E-state index contributed by atoms with van der Waals surface area (Å²) in [5.41, 5.74) is 0.957. The van der Waals surface area contributed by atoms with E-state index >= 15 is 0 Å². The summed E-state index contributed by atoms with van der Waals surface area (Å²) >= 11 is 0. The SMILES string of the molecule is Cc1nc(N2CCC(NS(=O)(=O)CC(F)(F)F)C2)c2c(nnc3nccc32)[nH]1. The number of H-pyrrole nitrogens is 1. The van der Waals surface area contributed by atoms with Crippen molar-refractivity contribution < 1.29 is 21.6 Å². The summed E-state index contributed by atoms with van der Waals surface area (Å²) < 4.78 is 63.0. The molecule has 1 saturated heterocycles. The van der Waals surface area contributed by atoms with Crippen LogP contribution in [0.3, 0.4) is 0 Å². The molecule has 1 atom stereocenters. The van der Waals surface area contributed by atoms with Crippen molar-refractivity contribution in [3.8, 4) is 0 Å². The van der Waals surface area contributed by atoms with Gasteiger partial charge >= 0.3 is 6.18 Å². The summed E-state index contributed by atoms with van der Waals surface area (Å²) in [6.07, 6.45) is -2.83. The second kappa shape index (κ2) is 6.51. The van der Waals surface area contributed by atoms with Gasteiger partial charge in [0.2, 0.25) is 10.0 Å².